The molecule has 0 aliphatic heterocycles. The highest BCUT2D eigenvalue weighted by molar-refractivity contribution is 5.98. The van der Waals surface area contributed by atoms with Crippen molar-refractivity contribution < 1.29 is 13.9 Å². The summed E-state index contributed by atoms with van der Waals surface area (Å²) in [5.41, 5.74) is 3.43. The number of Topliss-reactive ketones (excluding diaryl/α,β-unsaturated/α-hetero) is 1. The van der Waals surface area contributed by atoms with E-state index in [4.69, 9.17) is 4.74 Å². The molecule has 25 heavy (non-hydrogen) atoms. The Kier molecular flexibility index (Phi) is 3.84. The monoisotopic (exact) mass is 336 g/mol. The van der Waals surface area contributed by atoms with Crippen LogP contribution in [0.25, 0.3) is 5.69 Å². The summed E-state index contributed by atoms with van der Waals surface area (Å²) in [6.07, 6.45) is 2.76. The number of halogens is 1. The molecular formula is C20H17FN2O2. The lowest BCUT2D eigenvalue weighted by Gasteiger charge is -2.23. The van der Waals surface area contributed by atoms with Gasteiger partial charge in [0.05, 0.1) is 30.3 Å². The number of carbonyl (C=O) groups excluding carboxylic acids is 1. The summed E-state index contributed by atoms with van der Waals surface area (Å²) in [5, 5.41) is 4.41. The third kappa shape index (κ3) is 2.82. The van der Waals surface area contributed by atoms with Gasteiger partial charge < -0.3 is 4.74 Å². The molecule has 4 nitrogen and oxygen atoms in total. The summed E-state index contributed by atoms with van der Waals surface area (Å²) in [5.74, 6) is 0.615. The average Bonchev–Trinajstić information content (AvgIpc) is 3.07. The largest absolute Gasteiger partial charge is 0.497 e. The molecule has 0 fully saturated rings. The number of benzene rings is 2. The van der Waals surface area contributed by atoms with Crippen LogP contribution in [0, 0.1) is 5.82 Å². The van der Waals surface area contributed by atoms with Gasteiger partial charge in [-0.2, -0.15) is 5.10 Å². The van der Waals surface area contributed by atoms with E-state index in [0.717, 1.165) is 22.7 Å². The van der Waals surface area contributed by atoms with Crippen molar-refractivity contribution in [2.45, 2.75) is 18.8 Å². The van der Waals surface area contributed by atoms with Crippen molar-refractivity contribution >= 4 is 5.78 Å². The van der Waals surface area contributed by atoms with Crippen molar-refractivity contribution in [3.8, 4) is 11.4 Å². The zero-order valence-electron chi connectivity index (χ0n) is 13.8. The summed E-state index contributed by atoms with van der Waals surface area (Å²) in [6, 6.07) is 14.0. The first-order chi connectivity index (χ1) is 12.2. The van der Waals surface area contributed by atoms with Gasteiger partial charge in [0.25, 0.3) is 0 Å². The second kappa shape index (κ2) is 6.16. The molecule has 0 saturated heterocycles. The van der Waals surface area contributed by atoms with Crippen LogP contribution in [-0.4, -0.2) is 22.7 Å². The van der Waals surface area contributed by atoms with Gasteiger partial charge in [0.1, 0.15) is 11.6 Å². The Bertz CT molecular complexity index is 914. The number of nitrogens with zero attached hydrogens (tertiary/aromatic N) is 2. The van der Waals surface area contributed by atoms with Crippen LogP contribution < -0.4 is 4.74 Å². The van der Waals surface area contributed by atoms with E-state index < -0.39 is 0 Å². The smallest absolute Gasteiger partial charge is 0.166 e. The van der Waals surface area contributed by atoms with Gasteiger partial charge >= 0.3 is 0 Å². The molecule has 0 spiro atoms. The van der Waals surface area contributed by atoms with E-state index in [-0.39, 0.29) is 17.5 Å². The Morgan fingerprint density at radius 1 is 1.08 bits per heavy atom. The van der Waals surface area contributed by atoms with Crippen molar-refractivity contribution in [1.82, 2.24) is 9.78 Å². The first kappa shape index (κ1) is 15.6. The summed E-state index contributed by atoms with van der Waals surface area (Å²) in [7, 11) is 1.62. The molecular weight excluding hydrogens is 319 g/mol. The fraction of sp³-hybridized carbons (Fsp3) is 0.200. The maximum atomic E-state index is 13.2. The van der Waals surface area contributed by atoms with Gasteiger partial charge in [-0.15, -0.1) is 0 Å². The number of ether oxygens (including phenoxy) is 1. The fourth-order valence-corrected chi connectivity index (χ4v) is 3.36. The van der Waals surface area contributed by atoms with E-state index >= 15 is 0 Å². The van der Waals surface area contributed by atoms with Crippen molar-refractivity contribution in [3.63, 3.8) is 0 Å². The predicted octanol–water partition coefficient (Wildman–Crippen LogP) is 3.93. The highest BCUT2D eigenvalue weighted by atomic mass is 19.1. The van der Waals surface area contributed by atoms with E-state index in [9.17, 15) is 9.18 Å². The summed E-state index contributed by atoms with van der Waals surface area (Å²) in [4.78, 5) is 12.5. The molecule has 3 aromatic rings. The maximum Gasteiger partial charge on any atom is 0.166 e. The fourth-order valence-electron chi connectivity index (χ4n) is 3.36. The van der Waals surface area contributed by atoms with E-state index in [1.54, 1.807) is 25.4 Å². The zero-order valence-corrected chi connectivity index (χ0v) is 13.8. The first-order valence-corrected chi connectivity index (χ1v) is 8.15. The Morgan fingerprint density at radius 3 is 2.48 bits per heavy atom. The topological polar surface area (TPSA) is 44.1 Å². The molecule has 0 bridgehead atoms. The first-order valence-electron chi connectivity index (χ1n) is 8.15. The van der Waals surface area contributed by atoms with Gasteiger partial charge in [0.2, 0.25) is 0 Å². The van der Waals surface area contributed by atoms with Gasteiger partial charge in [-0.3, -0.25) is 4.79 Å². The predicted molar refractivity (Wildman–Crippen MR) is 91.9 cm³/mol. The second-order valence-corrected chi connectivity index (χ2v) is 6.19. The maximum absolute atomic E-state index is 13.2. The molecule has 1 aliphatic rings. The lowest BCUT2D eigenvalue weighted by molar-refractivity contribution is 0.0963. The third-order valence-corrected chi connectivity index (χ3v) is 4.70. The zero-order chi connectivity index (χ0) is 17.4. The summed E-state index contributed by atoms with van der Waals surface area (Å²) < 4.78 is 20.2. The molecule has 1 aromatic heterocycles. The number of methoxy groups -OCH3 is 1. The number of fused-ring (bicyclic) bond motifs is 1. The number of rotatable bonds is 3. The van der Waals surface area contributed by atoms with Gasteiger partial charge in [-0.05, 0) is 54.3 Å². The Balaban J connectivity index is 1.70. The minimum Gasteiger partial charge on any atom is -0.497 e. The molecule has 0 radical (unpaired) electrons. The van der Waals surface area contributed by atoms with Crippen molar-refractivity contribution in [2.24, 2.45) is 0 Å². The minimum atomic E-state index is -0.269. The third-order valence-electron chi connectivity index (χ3n) is 4.70. The molecule has 0 unspecified atom stereocenters. The number of ketones is 1. The van der Waals surface area contributed by atoms with Crippen LogP contribution in [0.15, 0.2) is 54.7 Å². The average molecular weight is 336 g/mol. The molecule has 126 valence electrons. The Hall–Kier alpha value is -2.95. The highest BCUT2D eigenvalue weighted by Crippen LogP contribution is 2.34. The van der Waals surface area contributed by atoms with Crippen molar-refractivity contribution in [1.29, 1.82) is 0 Å². The normalized spacial score (nSPS) is 16.6. The van der Waals surface area contributed by atoms with Gasteiger partial charge in [-0.25, -0.2) is 9.07 Å². The lowest BCUT2D eigenvalue weighted by atomic mass is 9.82. The molecule has 0 amide bonds. The highest BCUT2D eigenvalue weighted by Gasteiger charge is 2.30. The molecule has 5 heteroatoms. The summed E-state index contributed by atoms with van der Waals surface area (Å²) in [6.45, 7) is 0. The molecule has 1 aliphatic carbocycles. The molecule has 0 N–H and O–H groups in total. The lowest BCUT2D eigenvalue weighted by Crippen LogP contribution is -2.20. The van der Waals surface area contributed by atoms with E-state index in [2.05, 4.69) is 5.10 Å². The van der Waals surface area contributed by atoms with Crippen LogP contribution in [0.4, 0.5) is 4.39 Å². The number of carbonyl (C=O) groups is 1. The Labute approximate surface area is 144 Å². The minimum absolute atomic E-state index is 0.0364. The Morgan fingerprint density at radius 2 is 1.80 bits per heavy atom. The molecule has 1 heterocycles. The van der Waals surface area contributed by atoms with E-state index in [1.807, 2.05) is 28.9 Å². The van der Waals surface area contributed by atoms with Crippen LogP contribution in [0.2, 0.25) is 0 Å². The molecule has 0 saturated carbocycles. The number of hydrogen-bond acceptors (Lipinski definition) is 3. The molecule has 2 aromatic carbocycles. The molecule has 1 atom stereocenters. The second-order valence-electron chi connectivity index (χ2n) is 6.19. The van der Waals surface area contributed by atoms with Crippen LogP contribution in [0.5, 0.6) is 5.75 Å². The van der Waals surface area contributed by atoms with Crippen LogP contribution in [0.1, 0.15) is 34.0 Å². The van der Waals surface area contributed by atoms with E-state index in [1.165, 1.54) is 12.1 Å². The van der Waals surface area contributed by atoms with Crippen molar-refractivity contribution in [2.75, 3.05) is 7.11 Å². The van der Waals surface area contributed by atoms with Gasteiger partial charge in [0, 0.05) is 6.42 Å². The van der Waals surface area contributed by atoms with Crippen LogP contribution in [-0.2, 0) is 6.42 Å². The quantitative estimate of drug-likeness (QED) is 0.728. The number of hydrogen-bond donors (Lipinski definition) is 0. The van der Waals surface area contributed by atoms with Gasteiger partial charge in [0.15, 0.2) is 5.78 Å². The van der Waals surface area contributed by atoms with Crippen molar-refractivity contribution in [3.05, 3.63) is 77.4 Å². The number of aromatic nitrogens is 2. The standard InChI is InChI=1S/C20H17FN2O2/c1-25-17-8-6-16(7-9-17)23-19-10-14(11-20(24)18(19)12-22-23)13-2-4-15(21)5-3-13/h2-9,12,14H,10-11H2,1H3/t14-/m1/s1. The SMILES string of the molecule is COc1ccc(-n2ncc3c2C[C@@H](c2ccc(F)cc2)CC3=O)cc1. The van der Waals surface area contributed by atoms with Crippen LogP contribution in [0.3, 0.4) is 0 Å². The van der Waals surface area contributed by atoms with Crippen LogP contribution >= 0.6 is 0 Å². The van der Waals surface area contributed by atoms with Gasteiger partial charge in [-0.1, -0.05) is 12.1 Å². The van der Waals surface area contributed by atoms with E-state index in [0.29, 0.717) is 18.4 Å². The summed E-state index contributed by atoms with van der Waals surface area (Å²) >= 11 is 0. The molecule has 4 rings (SSSR count).